The van der Waals surface area contributed by atoms with Crippen LogP contribution in [0.5, 0.6) is 0 Å². The van der Waals surface area contributed by atoms with Crippen molar-refractivity contribution < 1.29 is 35.9 Å². The molecular formula is C34H37Cl2F6N3O2. The highest BCUT2D eigenvalue weighted by Crippen LogP contribution is 2.37. The zero-order valence-electron chi connectivity index (χ0n) is 25.9. The van der Waals surface area contributed by atoms with E-state index >= 15 is 0 Å². The van der Waals surface area contributed by atoms with E-state index in [4.69, 9.17) is 4.74 Å². The first-order valence-corrected chi connectivity index (χ1v) is 14.9. The van der Waals surface area contributed by atoms with E-state index in [9.17, 15) is 31.1 Å². The van der Waals surface area contributed by atoms with E-state index in [0.717, 1.165) is 29.4 Å². The fraction of sp³-hybridized carbons (Fsp3) is 0.441. The molecule has 2 unspecified atom stereocenters. The molecule has 3 atom stereocenters. The highest BCUT2D eigenvalue weighted by molar-refractivity contribution is 5.95. The Morgan fingerprint density at radius 2 is 1.34 bits per heavy atom. The summed E-state index contributed by atoms with van der Waals surface area (Å²) in [7, 11) is 0. The largest absolute Gasteiger partial charge is 0.416 e. The number of alkyl halides is 6. The molecule has 3 aromatic rings. The van der Waals surface area contributed by atoms with Crippen molar-refractivity contribution in [2.24, 2.45) is 0 Å². The highest BCUT2D eigenvalue weighted by Gasteiger charge is 2.39. The summed E-state index contributed by atoms with van der Waals surface area (Å²) in [6, 6.07) is 14.2. The third-order valence-electron chi connectivity index (χ3n) is 8.17. The molecule has 0 N–H and O–H groups in total. The van der Waals surface area contributed by atoms with Crippen molar-refractivity contribution in [3.8, 4) is 11.8 Å². The summed E-state index contributed by atoms with van der Waals surface area (Å²) < 4.78 is 87.2. The number of ether oxygens (including phenoxy) is 1. The molecule has 2 aliphatic rings. The van der Waals surface area contributed by atoms with Crippen LogP contribution < -0.4 is 0 Å². The standard InChI is InChI=1S/C34H35F6N3O2.2ClH/c1-23-20-42(21-24(2)45-23)12-6-5-11-41-13-14-43(31(22-41)16-25-9-10-26-7-3-4-8-27(26)15-25)32(44)28-17-29(33(35,36)37)19-30(18-28)34(38,39)40;;/h3-4,7-10,15,17-19,23-24,31H,11-14,16,20-22H2,1-2H3;2*1H/t23?,24?,31-;;/m1../s1. The van der Waals surface area contributed by atoms with Crippen LogP contribution in [0.3, 0.4) is 0 Å². The Bertz CT molecular complexity index is 1550. The lowest BCUT2D eigenvalue weighted by Gasteiger charge is -2.41. The fourth-order valence-electron chi connectivity index (χ4n) is 6.14. The highest BCUT2D eigenvalue weighted by atomic mass is 35.5. The van der Waals surface area contributed by atoms with Gasteiger partial charge in [-0.05, 0) is 54.8 Å². The topological polar surface area (TPSA) is 36.0 Å². The number of carbonyl (C=O) groups excluding carboxylic acids is 1. The number of hydrogen-bond donors (Lipinski definition) is 0. The SMILES string of the molecule is CC1CN(CC#CCN2CCN(C(=O)c3cc(C(F)(F)F)cc(C(F)(F)F)c3)[C@H](Cc3ccc4ccccc4c3)C2)CC(C)O1.Cl.Cl. The minimum Gasteiger partial charge on any atom is -0.373 e. The zero-order chi connectivity index (χ0) is 32.4. The van der Waals surface area contributed by atoms with Gasteiger partial charge in [-0.15, -0.1) is 24.8 Å². The minimum atomic E-state index is -5.05. The fourth-order valence-corrected chi connectivity index (χ4v) is 6.14. The van der Waals surface area contributed by atoms with Gasteiger partial charge in [-0.1, -0.05) is 54.3 Å². The average molecular weight is 705 g/mol. The van der Waals surface area contributed by atoms with Crippen molar-refractivity contribution in [1.29, 1.82) is 0 Å². The maximum atomic E-state index is 13.7. The summed E-state index contributed by atoms with van der Waals surface area (Å²) in [5.74, 6) is 5.56. The van der Waals surface area contributed by atoms with Crippen LogP contribution in [-0.2, 0) is 23.5 Å². The Morgan fingerprint density at radius 3 is 1.94 bits per heavy atom. The molecule has 2 saturated heterocycles. The third kappa shape index (κ3) is 10.00. The van der Waals surface area contributed by atoms with Crippen LogP contribution in [0.2, 0.25) is 0 Å². The van der Waals surface area contributed by atoms with Crippen molar-refractivity contribution in [2.75, 3.05) is 45.8 Å². The molecule has 2 fully saturated rings. The van der Waals surface area contributed by atoms with E-state index in [1.54, 1.807) is 0 Å². The number of hydrogen-bond acceptors (Lipinski definition) is 4. The van der Waals surface area contributed by atoms with Crippen LogP contribution in [0, 0.1) is 11.8 Å². The summed E-state index contributed by atoms with van der Waals surface area (Å²) in [5.41, 5.74) is -2.75. The molecule has 0 radical (unpaired) electrons. The van der Waals surface area contributed by atoms with Gasteiger partial charge >= 0.3 is 12.4 Å². The van der Waals surface area contributed by atoms with E-state index in [-0.39, 0.29) is 49.6 Å². The lowest BCUT2D eigenvalue weighted by atomic mass is 9.97. The second-order valence-electron chi connectivity index (χ2n) is 11.9. The molecule has 5 rings (SSSR count). The Kier molecular flexibility index (Phi) is 13.0. The van der Waals surface area contributed by atoms with Crippen molar-refractivity contribution in [3.05, 3.63) is 82.9 Å². The van der Waals surface area contributed by atoms with Crippen LogP contribution >= 0.6 is 24.8 Å². The molecule has 0 spiro atoms. The summed E-state index contributed by atoms with van der Waals surface area (Å²) in [6.45, 7) is 7.52. The van der Waals surface area contributed by atoms with Gasteiger partial charge in [0.15, 0.2) is 0 Å². The Labute approximate surface area is 283 Å². The maximum absolute atomic E-state index is 13.7. The first kappa shape index (κ1) is 38.4. The van der Waals surface area contributed by atoms with Gasteiger partial charge in [0, 0.05) is 44.3 Å². The van der Waals surface area contributed by atoms with Crippen LogP contribution in [0.25, 0.3) is 10.8 Å². The van der Waals surface area contributed by atoms with E-state index < -0.39 is 41.0 Å². The van der Waals surface area contributed by atoms with Crippen molar-refractivity contribution in [2.45, 2.75) is 50.9 Å². The first-order valence-electron chi connectivity index (χ1n) is 14.9. The smallest absolute Gasteiger partial charge is 0.373 e. The second-order valence-corrected chi connectivity index (χ2v) is 11.9. The lowest BCUT2D eigenvalue weighted by Crippen LogP contribution is -2.56. The van der Waals surface area contributed by atoms with Crippen molar-refractivity contribution in [3.63, 3.8) is 0 Å². The van der Waals surface area contributed by atoms with Crippen LogP contribution in [0.15, 0.2) is 60.7 Å². The number of piperazine rings is 1. The van der Waals surface area contributed by atoms with Gasteiger partial charge in [-0.3, -0.25) is 14.6 Å². The summed E-state index contributed by atoms with van der Waals surface area (Å²) in [6.07, 6.45) is -9.47. The monoisotopic (exact) mass is 703 g/mol. The molecule has 0 aromatic heterocycles. The molecule has 2 heterocycles. The van der Waals surface area contributed by atoms with Gasteiger partial charge in [-0.2, -0.15) is 26.3 Å². The zero-order valence-corrected chi connectivity index (χ0v) is 27.5. The third-order valence-corrected chi connectivity index (χ3v) is 8.17. The molecular weight excluding hydrogens is 667 g/mol. The Morgan fingerprint density at radius 1 is 0.766 bits per heavy atom. The molecule has 2 aliphatic heterocycles. The molecule has 0 aliphatic carbocycles. The average Bonchev–Trinajstić information content (AvgIpc) is 2.97. The minimum absolute atomic E-state index is 0. The van der Waals surface area contributed by atoms with Gasteiger partial charge in [0.05, 0.1) is 36.4 Å². The number of amides is 1. The molecule has 3 aromatic carbocycles. The van der Waals surface area contributed by atoms with Crippen molar-refractivity contribution in [1.82, 2.24) is 14.7 Å². The maximum Gasteiger partial charge on any atom is 0.416 e. The summed E-state index contributed by atoms with van der Waals surface area (Å²) in [4.78, 5) is 19.4. The number of carbonyl (C=O) groups is 1. The van der Waals surface area contributed by atoms with E-state index in [1.807, 2.05) is 56.3 Å². The second kappa shape index (κ2) is 15.9. The number of fused-ring (bicyclic) bond motifs is 1. The van der Waals surface area contributed by atoms with Gasteiger partial charge in [0.2, 0.25) is 0 Å². The van der Waals surface area contributed by atoms with Gasteiger partial charge in [-0.25, -0.2) is 0 Å². The van der Waals surface area contributed by atoms with E-state index in [0.29, 0.717) is 44.7 Å². The predicted molar refractivity (Wildman–Crippen MR) is 174 cm³/mol. The lowest BCUT2D eigenvalue weighted by molar-refractivity contribution is -0.143. The first-order chi connectivity index (χ1) is 21.3. The molecule has 1 amide bonds. The quantitative estimate of drug-likeness (QED) is 0.208. The normalized spacial score (nSPS) is 20.9. The Hall–Kier alpha value is -3.01. The number of benzene rings is 3. The Balaban J connectivity index is 0.00000300. The summed E-state index contributed by atoms with van der Waals surface area (Å²) >= 11 is 0. The van der Waals surface area contributed by atoms with Crippen LogP contribution in [0.1, 0.15) is 40.9 Å². The molecule has 47 heavy (non-hydrogen) atoms. The number of halogens is 8. The van der Waals surface area contributed by atoms with Gasteiger partial charge in [0.1, 0.15) is 0 Å². The van der Waals surface area contributed by atoms with Gasteiger partial charge < -0.3 is 9.64 Å². The molecule has 256 valence electrons. The number of morpholine rings is 1. The molecule has 0 saturated carbocycles. The number of rotatable bonds is 5. The van der Waals surface area contributed by atoms with Gasteiger partial charge in [0.25, 0.3) is 5.91 Å². The molecule has 5 nitrogen and oxygen atoms in total. The van der Waals surface area contributed by atoms with E-state index in [2.05, 4.69) is 21.6 Å². The van der Waals surface area contributed by atoms with E-state index in [1.165, 1.54) is 4.90 Å². The predicted octanol–water partition coefficient (Wildman–Crippen LogP) is 7.20. The summed E-state index contributed by atoms with van der Waals surface area (Å²) in [5, 5.41) is 2.02. The molecule has 0 bridgehead atoms. The molecule has 13 heteroatoms. The van der Waals surface area contributed by atoms with Crippen molar-refractivity contribution >= 4 is 41.5 Å². The van der Waals surface area contributed by atoms with Crippen LogP contribution in [0.4, 0.5) is 26.3 Å². The number of nitrogens with zero attached hydrogens (tertiary/aromatic N) is 3. The van der Waals surface area contributed by atoms with Crippen LogP contribution in [-0.4, -0.2) is 84.7 Å².